The second kappa shape index (κ2) is 6.37. The zero-order valence-electron chi connectivity index (χ0n) is 11.4. The number of nitrogens with two attached hydrogens (primary N) is 1. The van der Waals surface area contributed by atoms with Crippen molar-refractivity contribution >= 4 is 23.1 Å². The summed E-state index contributed by atoms with van der Waals surface area (Å²) in [5.41, 5.74) is 7.02. The molecule has 1 heterocycles. The number of ether oxygens (including phenoxy) is 1. The smallest absolute Gasteiger partial charge is 0.167 e. The minimum absolute atomic E-state index is 0.0589. The molecule has 3 N–H and O–H groups in total. The molecule has 1 atom stereocenters. The van der Waals surface area contributed by atoms with Crippen molar-refractivity contribution in [2.75, 3.05) is 23.3 Å². The lowest BCUT2D eigenvalue weighted by Gasteiger charge is -2.16. The number of benzene rings is 1. The lowest BCUT2D eigenvalue weighted by molar-refractivity contribution is 0.231. The van der Waals surface area contributed by atoms with Gasteiger partial charge in [0.2, 0.25) is 0 Å². The minimum atomic E-state index is -0.410. The van der Waals surface area contributed by atoms with E-state index in [9.17, 15) is 4.39 Å². The number of halogens is 1. The summed E-state index contributed by atoms with van der Waals surface area (Å²) in [6, 6.07) is 2.98. The van der Waals surface area contributed by atoms with Crippen LogP contribution >= 0.6 is 11.8 Å². The molecule has 1 aromatic rings. The van der Waals surface area contributed by atoms with E-state index >= 15 is 0 Å². The highest BCUT2D eigenvalue weighted by Gasteiger charge is 2.16. The van der Waals surface area contributed by atoms with Gasteiger partial charge in [-0.25, -0.2) is 4.39 Å². The fourth-order valence-corrected chi connectivity index (χ4v) is 3.30. The van der Waals surface area contributed by atoms with Crippen LogP contribution < -0.4 is 15.8 Å². The second-order valence-electron chi connectivity index (χ2n) is 5.05. The monoisotopic (exact) mass is 284 g/mol. The first-order valence-corrected chi connectivity index (χ1v) is 7.72. The molecule has 0 aliphatic carbocycles. The molecule has 1 aliphatic heterocycles. The van der Waals surface area contributed by atoms with Crippen LogP contribution in [0.1, 0.15) is 26.7 Å². The normalized spacial score (nSPS) is 18.8. The topological polar surface area (TPSA) is 47.3 Å². The molecule has 0 spiro atoms. The van der Waals surface area contributed by atoms with Crippen molar-refractivity contribution in [1.82, 2.24) is 0 Å². The van der Waals surface area contributed by atoms with Crippen LogP contribution in [0, 0.1) is 5.82 Å². The summed E-state index contributed by atoms with van der Waals surface area (Å²) in [4.78, 5) is 0. The zero-order valence-corrected chi connectivity index (χ0v) is 12.2. The van der Waals surface area contributed by atoms with Gasteiger partial charge in [0.1, 0.15) is 0 Å². The summed E-state index contributed by atoms with van der Waals surface area (Å²) >= 11 is 1.98. The molecule has 19 heavy (non-hydrogen) atoms. The van der Waals surface area contributed by atoms with Gasteiger partial charge in [-0.3, -0.25) is 0 Å². The SMILES string of the molecule is CC(C)Oc1cc(NCC2CCCS2)c(N)cc1F. The lowest BCUT2D eigenvalue weighted by Crippen LogP contribution is -2.15. The van der Waals surface area contributed by atoms with Gasteiger partial charge in [-0.05, 0) is 32.4 Å². The first-order valence-electron chi connectivity index (χ1n) is 6.67. The fraction of sp³-hybridized carbons (Fsp3) is 0.571. The van der Waals surface area contributed by atoms with Crippen LogP contribution in [0.15, 0.2) is 12.1 Å². The van der Waals surface area contributed by atoms with Gasteiger partial charge >= 0.3 is 0 Å². The predicted octanol–water partition coefficient (Wildman–Crippen LogP) is 3.50. The maximum atomic E-state index is 13.7. The van der Waals surface area contributed by atoms with Gasteiger partial charge in [-0.1, -0.05) is 0 Å². The van der Waals surface area contributed by atoms with E-state index in [4.69, 9.17) is 10.5 Å². The van der Waals surface area contributed by atoms with Gasteiger partial charge in [0.15, 0.2) is 11.6 Å². The Labute approximate surface area is 118 Å². The van der Waals surface area contributed by atoms with Gasteiger partial charge in [0, 0.05) is 23.9 Å². The molecule has 3 nitrogen and oxygen atoms in total. The summed E-state index contributed by atoms with van der Waals surface area (Å²) in [6.45, 7) is 4.61. The molecule has 2 rings (SSSR count). The molecule has 1 saturated heterocycles. The Morgan fingerprint density at radius 3 is 2.95 bits per heavy atom. The molecule has 0 aromatic heterocycles. The number of hydrogen-bond donors (Lipinski definition) is 2. The van der Waals surface area contributed by atoms with Crippen LogP contribution in [0.4, 0.5) is 15.8 Å². The third-order valence-electron chi connectivity index (χ3n) is 3.01. The van der Waals surface area contributed by atoms with Gasteiger partial charge in [-0.2, -0.15) is 11.8 Å². The van der Waals surface area contributed by atoms with E-state index in [0.717, 1.165) is 12.2 Å². The molecule has 0 bridgehead atoms. The molecule has 1 unspecified atom stereocenters. The van der Waals surface area contributed by atoms with Crippen molar-refractivity contribution < 1.29 is 9.13 Å². The highest BCUT2D eigenvalue weighted by molar-refractivity contribution is 8.00. The minimum Gasteiger partial charge on any atom is -0.488 e. The molecular formula is C14H21FN2OS. The fourth-order valence-electron chi connectivity index (χ4n) is 2.10. The van der Waals surface area contributed by atoms with Gasteiger partial charge < -0.3 is 15.8 Å². The van der Waals surface area contributed by atoms with Gasteiger partial charge in [0.25, 0.3) is 0 Å². The average Bonchev–Trinajstić information content (AvgIpc) is 2.83. The van der Waals surface area contributed by atoms with Crippen LogP contribution in [0.2, 0.25) is 0 Å². The van der Waals surface area contributed by atoms with E-state index in [1.54, 1.807) is 6.07 Å². The number of hydrogen-bond acceptors (Lipinski definition) is 4. The third kappa shape index (κ3) is 3.93. The maximum Gasteiger partial charge on any atom is 0.167 e. The highest BCUT2D eigenvalue weighted by Crippen LogP contribution is 2.31. The van der Waals surface area contributed by atoms with Crippen molar-refractivity contribution in [3.8, 4) is 5.75 Å². The first kappa shape index (κ1) is 14.3. The largest absolute Gasteiger partial charge is 0.488 e. The Kier molecular flexibility index (Phi) is 4.80. The molecule has 1 aliphatic rings. The summed E-state index contributed by atoms with van der Waals surface area (Å²) in [7, 11) is 0. The summed E-state index contributed by atoms with van der Waals surface area (Å²) in [6.07, 6.45) is 2.45. The van der Waals surface area contributed by atoms with E-state index in [2.05, 4.69) is 5.32 Å². The van der Waals surface area contributed by atoms with Crippen molar-refractivity contribution in [2.45, 2.75) is 38.0 Å². The Morgan fingerprint density at radius 1 is 1.53 bits per heavy atom. The van der Waals surface area contributed by atoms with Crippen LogP contribution in [0.25, 0.3) is 0 Å². The van der Waals surface area contributed by atoms with E-state index < -0.39 is 5.82 Å². The van der Waals surface area contributed by atoms with E-state index in [1.165, 1.54) is 24.7 Å². The van der Waals surface area contributed by atoms with E-state index in [0.29, 0.717) is 10.9 Å². The van der Waals surface area contributed by atoms with Crippen molar-refractivity contribution in [3.63, 3.8) is 0 Å². The van der Waals surface area contributed by atoms with Crippen molar-refractivity contribution in [3.05, 3.63) is 17.9 Å². The van der Waals surface area contributed by atoms with E-state index in [1.807, 2.05) is 25.6 Å². The molecule has 1 fully saturated rings. The van der Waals surface area contributed by atoms with Crippen LogP contribution in [-0.4, -0.2) is 23.7 Å². The number of nitrogen functional groups attached to an aromatic ring is 1. The predicted molar refractivity (Wildman–Crippen MR) is 80.5 cm³/mol. The molecule has 1 aromatic carbocycles. The van der Waals surface area contributed by atoms with Crippen LogP contribution in [0.5, 0.6) is 5.75 Å². The molecule has 0 amide bonds. The number of thioether (sulfide) groups is 1. The molecule has 0 radical (unpaired) electrons. The van der Waals surface area contributed by atoms with Gasteiger partial charge in [0.05, 0.1) is 17.5 Å². The van der Waals surface area contributed by atoms with Crippen LogP contribution in [0.3, 0.4) is 0 Å². The summed E-state index contributed by atoms with van der Waals surface area (Å²) < 4.78 is 19.1. The summed E-state index contributed by atoms with van der Waals surface area (Å²) in [5, 5.41) is 3.93. The van der Waals surface area contributed by atoms with E-state index in [-0.39, 0.29) is 11.9 Å². The second-order valence-corrected chi connectivity index (χ2v) is 6.46. The molecule has 0 saturated carbocycles. The lowest BCUT2D eigenvalue weighted by atomic mass is 10.2. The van der Waals surface area contributed by atoms with Crippen LogP contribution in [-0.2, 0) is 0 Å². The first-order chi connectivity index (χ1) is 9.06. The Balaban J connectivity index is 2.05. The Bertz CT molecular complexity index is 434. The zero-order chi connectivity index (χ0) is 13.8. The summed E-state index contributed by atoms with van der Waals surface area (Å²) in [5.74, 6) is 1.07. The van der Waals surface area contributed by atoms with Gasteiger partial charge in [-0.15, -0.1) is 0 Å². The average molecular weight is 284 g/mol. The number of rotatable bonds is 5. The highest BCUT2D eigenvalue weighted by atomic mass is 32.2. The maximum absolute atomic E-state index is 13.7. The van der Waals surface area contributed by atoms with Crippen molar-refractivity contribution in [2.24, 2.45) is 0 Å². The number of nitrogens with one attached hydrogen (secondary N) is 1. The third-order valence-corrected chi connectivity index (χ3v) is 4.41. The Hall–Kier alpha value is -1.10. The Morgan fingerprint density at radius 2 is 2.32 bits per heavy atom. The quantitative estimate of drug-likeness (QED) is 0.812. The molecule has 5 heteroatoms. The molecular weight excluding hydrogens is 263 g/mol. The van der Waals surface area contributed by atoms with Crippen molar-refractivity contribution in [1.29, 1.82) is 0 Å². The number of anilines is 2. The molecule has 106 valence electrons. The standard InChI is InChI=1S/C14H21FN2OS/c1-9(2)18-14-7-13(12(16)6-11(14)15)17-8-10-4-3-5-19-10/h6-7,9-10,17H,3-5,8,16H2,1-2H3.